The molecule has 34 heavy (non-hydrogen) atoms. The molecule has 8 nitrogen and oxygen atoms in total. The normalized spacial score (nSPS) is 14.7. The predicted molar refractivity (Wildman–Crippen MR) is 125 cm³/mol. The molecule has 2 aromatic heterocycles. The van der Waals surface area contributed by atoms with E-state index in [1.807, 2.05) is 28.8 Å². The first-order chi connectivity index (χ1) is 16.4. The summed E-state index contributed by atoms with van der Waals surface area (Å²) in [6, 6.07) is 13.8. The van der Waals surface area contributed by atoms with Crippen LogP contribution in [0.25, 0.3) is 21.8 Å². The van der Waals surface area contributed by atoms with Crippen LogP contribution < -0.4 is 11.3 Å². The van der Waals surface area contributed by atoms with Gasteiger partial charge in [-0.05, 0) is 36.6 Å². The van der Waals surface area contributed by atoms with Gasteiger partial charge in [0.15, 0.2) is 0 Å². The maximum absolute atomic E-state index is 13.5. The minimum atomic E-state index is -0.365. The molecule has 5 rings (SSSR count). The van der Waals surface area contributed by atoms with Gasteiger partial charge in [-0.1, -0.05) is 30.3 Å². The van der Waals surface area contributed by atoms with Crippen LogP contribution in [0.5, 0.6) is 0 Å². The van der Waals surface area contributed by atoms with Crippen LogP contribution >= 0.6 is 0 Å². The number of para-hydroxylation sites is 1. The summed E-state index contributed by atoms with van der Waals surface area (Å²) in [6.45, 7) is 1.04. The van der Waals surface area contributed by atoms with Gasteiger partial charge in [0, 0.05) is 41.8 Å². The van der Waals surface area contributed by atoms with Crippen molar-refractivity contribution in [3.8, 4) is 0 Å². The Morgan fingerprint density at radius 1 is 1.03 bits per heavy atom. The van der Waals surface area contributed by atoms with Gasteiger partial charge < -0.3 is 15.2 Å². The maximum Gasteiger partial charge on any atom is 0.291 e. The van der Waals surface area contributed by atoms with Crippen LogP contribution in [0, 0.1) is 11.7 Å². The molecule has 0 bridgehead atoms. The van der Waals surface area contributed by atoms with Gasteiger partial charge >= 0.3 is 0 Å². The van der Waals surface area contributed by atoms with Crippen molar-refractivity contribution in [2.75, 3.05) is 13.1 Å². The highest BCUT2D eigenvalue weighted by molar-refractivity contribution is 6.07. The van der Waals surface area contributed by atoms with Gasteiger partial charge in [-0.2, -0.15) is 5.10 Å². The quantitative estimate of drug-likeness (QED) is 0.492. The molecule has 0 unspecified atom stereocenters. The number of benzene rings is 2. The number of primary amides is 1. The molecule has 9 heteroatoms. The van der Waals surface area contributed by atoms with Crippen molar-refractivity contribution in [1.29, 1.82) is 0 Å². The third-order valence-corrected chi connectivity index (χ3v) is 6.56. The number of carbonyl (C=O) groups excluding carboxylic acids is 2. The molecule has 0 saturated carbocycles. The van der Waals surface area contributed by atoms with E-state index < -0.39 is 0 Å². The summed E-state index contributed by atoms with van der Waals surface area (Å²) in [5.41, 5.74) is 7.16. The Bertz CT molecular complexity index is 1450. The molecular weight excluding hydrogens is 437 g/mol. The summed E-state index contributed by atoms with van der Waals surface area (Å²) in [5, 5.41) is 5.87. The van der Waals surface area contributed by atoms with Crippen LogP contribution in [0.2, 0.25) is 0 Å². The first kappa shape index (κ1) is 21.8. The lowest BCUT2D eigenvalue weighted by Gasteiger charge is -2.30. The molecule has 2 amide bonds. The van der Waals surface area contributed by atoms with E-state index in [0.717, 1.165) is 16.5 Å². The number of hydrogen-bond donors (Lipinski definition) is 1. The number of nitrogens with zero attached hydrogens (tertiary/aromatic N) is 4. The average molecular weight is 461 g/mol. The zero-order chi connectivity index (χ0) is 23.8. The van der Waals surface area contributed by atoms with E-state index in [2.05, 4.69) is 5.10 Å². The molecule has 0 radical (unpaired) electrons. The minimum Gasteiger partial charge on any atom is -0.369 e. The maximum atomic E-state index is 13.5. The lowest BCUT2D eigenvalue weighted by atomic mass is 9.96. The predicted octanol–water partition coefficient (Wildman–Crippen LogP) is 2.26. The van der Waals surface area contributed by atoms with Gasteiger partial charge in [-0.15, -0.1) is 0 Å². The third-order valence-electron chi connectivity index (χ3n) is 6.56. The van der Waals surface area contributed by atoms with Crippen LogP contribution in [0.15, 0.2) is 59.5 Å². The number of likely N-dealkylation sites (tertiary alicyclic amines) is 1. The summed E-state index contributed by atoms with van der Waals surface area (Å²) in [4.78, 5) is 39.4. The van der Waals surface area contributed by atoms with Crippen molar-refractivity contribution < 1.29 is 14.0 Å². The fraction of sp³-hybridized carbons (Fsp3) is 0.280. The first-order valence-electron chi connectivity index (χ1n) is 11.2. The number of hydrogen-bond acceptors (Lipinski definition) is 4. The summed E-state index contributed by atoms with van der Waals surface area (Å²) < 4.78 is 16.5. The van der Waals surface area contributed by atoms with Gasteiger partial charge in [-0.3, -0.25) is 14.4 Å². The van der Waals surface area contributed by atoms with Crippen LogP contribution in [0.4, 0.5) is 4.39 Å². The van der Waals surface area contributed by atoms with E-state index in [-0.39, 0.29) is 35.7 Å². The monoisotopic (exact) mass is 461 g/mol. The molecule has 1 aliphatic heterocycles. The zero-order valence-electron chi connectivity index (χ0n) is 18.5. The molecule has 0 spiro atoms. The highest BCUT2D eigenvalue weighted by Gasteiger charge is 2.26. The second kappa shape index (κ2) is 8.74. The summed E-state index contributed by atoms with van der Waals surface area (Å²) in [7, 11) is 0. The molecule has 174 valence electrons. The number of fused-ring (bicyclic) bond motifs is 3. The largest absolute Gasteiger partial charge is 0.369 e. The number of aromatic nitrogens is 3. The molecule has 1 fully saturated rings. The highest BCUT2D eigenvalue weighted by atomic mass is 19.1. The molecule has 0 atom stereocenters. The fourth-order valence-corrected chi connectivity index (χ4v) is 4.68. The third kappa shape index (κ3) is 3.93. The highest BCUT2D eigenvalue weighted by Crippen LogP contribution is 2.27. The number of carbonyl (C=O) groups is 2. The van der Waals surface area contributed by atoms with Gasteiger partial charge in [0.05, 0.1) is 6.20 Å². The van der Waals surface area contributed by atoms with E-state index in [0.29, 0.717) is 43.4 Å². The molecule has 3 heterocycles. The second-order valence-corrected chi connectivity index (χ2v) is 8.66. The molecule has 1 aliphatic rings. The molecule has 2 N–H and O–H groups in total. The van der Waals surface area contributed by atoms with Crippen molar-refractivity contribution in [3.05, 3.63) is 76.5 Å². The Labute approximate surface area is 194 Å². The van der Waals surface area contributed by atoms with E-state index in [1.165, 1.54) is 16.8 Å². The molecule has 1 saturated heterocycles. The number of piperidine rings is 1. The Balaban J connectivity index is 1.50. The van der Waals surface area contributed by atoms with Crippen molar-refractivity contribution in [1.82, 2.24) is 19.2 Å². The Morgan fingerprint density at radius 3 is 2.44 bits per heavy atom. The summed E-state index contributed by atoms with van der Waals surface area (Å²) >= 11 is 0. The lowest BCUT2D eigenvalue weighted by molar-refractivity contribution is -0.135. The van der Waals surface area contributed by atoms with Crippen LogP contribution in [0.3, 0.4) is 0 Å². The standard InChI is InChI=1S/C25H24FN5O3/c26-18-7-5-16(6-8-18)14-30-21-4-2-1-3-19(21)20-13-28-31(25(34)23(20)30)15-22(32)29-11-9-17(10-12-29)24(27)33/h1-8,13,17H,9-12,14-15H2,(H2,27,33). The summed E-state index contributed by atoms with van der Waals surface area (Å²) in [5.74, 6) is -1.11. The van der Waals surface area contributed by atoms with Crippen molar-refractivity contribution >= 4 is 33.6 Å². The number of halogens is 1. The molecule has 0 aliphatic carbocycles. The SMILES string of the molecule is NC(=O)C1CCN(C(=O)Cn2ncc3c4ccccc4n(Cc4ccc(F)cc4)c3c2=O)CC1. The van der Waals surface area contributed by atoms with Crippen molar-refractivity contribution in [2.45, 2.75) is 25.9 Å². The topological polar surface area (TPSA) is 103 Å². The first-order valence-corrected chi connectivity index (χ1v) is 11.2. The molecule has 4 aromatic rings. The van der Waals surface area contributed by atoms with E-state index in [9.17, 15) is 18.8 Å². The Hall–Kier alpha value is -4.01. The number of nitrogens with two attached hydrogens (primary N) is 1. The number of amides is 2. The van der Waals surface area contributed by atoms with Gasteiger partial charge in [0.2, 0.25) is 11.8 Å². The van der Waals surface area contributed by atoms with Crippen molar-refractivity contribution in [3.63, 3.8) is 0 Å². The Morgan fingerprint density at radius 2 is 1.74 bits per heavy atom. The van der Waals surface area contributed by atoms with Crippen LogP contribution in [-0.2, 0) is 22.7 Å². The second-order valence-electron chi connectivity index (χ2n) is 8.66. The fourth-order valence-electron chi connectivity index (χ4n) is 4.68. The average Bonchev–Trinajstić information content (AvgIpc) is 3.16. The van der Waals surface area contributed by atoms with Crippen LogP contribution in [-0.4, -0.2) is 44.2 Å². The van der Waals surface area contributed by atoms with Crippen molar-refractivity contribution in [2.24, 2.45) is 11.7 Å². The van der Waals surface area contributed by atoms with Crippen LogP contribution in [0.1, 0.15) is 18.4 Å². The smallest absolute Gasteiger partial charge is 0.291 e. The summed E-state index contributed by atoms with van der Waals surface area (Å²) in [6.07, 6.45) is 2.66. The molecular formula is C25H24FN5O3. The van der Waals surface area contributed by atoms with E-state index in [4.69, 9.17) is 5.73 Å². The molecule has 2 aromatic carbocycles. The van der Waals surface area contributed by atoms with Gasteiger partial charge in [0.25, 0.3) is 5.56 Å². The zero-order valence-corrected chi connectivity index (χ0v) is 18.5. The van der Waals surface area contributed by atoms with Gasteiger partial charge in [0.1, 0.15) is 17.9 Å². The van der Waals surface area contributed by atoms with E-state index in [1.54, 1.807) is 23.2 Å². The Kier molecular flexibility index (Phi) is 5.61. The minimum absolute atomic E-state index is 0.186. The number of rotatable bonds is 5. The van der Waals surface area contributed by atoms with Gasteiger partial charge in [-0.25, -0.2) is 9.07 Å². The lowest BCUT2D eigenvalue weighted by Crippen LogP contribution is -2.44. The van der Waals surface area contributed by atoms with E-state index >= 15 is 0 Å².